The van der Waals surface area contributed by atoms with Gasteiger partial charge in [-0.15, -0.1) is 11.3 Å². The molecule has 19 heavy (non-hydrogen) atoms. The van der Waals surface area contributed by atoms with Crippen LogP contribution < -0.4 is 4.72 Å². The minimum Gasteiger partial charge on any atom is -0.477 e. The van der Waals surface area contributed by atoms with Crippen molar-refractivity contribution in [1.29, 1.82) is 0 Å². The maximum Gasteiger partial charge on any atom is 0.348 e. The molecule has 0 aliphatic rings. The van der Waals surface area contributed by atoms with Crippen LogP contribution in [0.4, 0.5) is 5.69 Å². The molecule has 1 heterocycles. The molecule has 1 aromatic heterocycles. The van der Waals surface area contributed by atoms with E-state index in [1.54, 1.807) is 5.38 Å². The van der Waals surface area contributed by atoms with Gasteiger partial charge < -0.3 is 5.11 Å². The number of nitrogens with zero attached hydrogens (tertiary/aromatic N) is 1. The molecule has 0 aliphatic carbocycles. The van der Waals surface area contributed by atoms with E-state index in [1.165, 1.54) is 10.4 Å². The summed E-state index contributed by atoms with van der Waals surface area (Å²) in [6.45, 7) is 4.61. The molecule has 0 saturated heterocycles. The summed E-state index contributed by atoms with van der Waals surface area (Å²) in [7, 11) is -3.70. The van der Waals surface area contributed by atoms with Crippen molar-refractivity contribution in [3.63, 3.8) is 0 Å². The van der Waals surface area contributed by atoms with Crippen molar-refractivity contribution in [3.05, 3.63) is 16.3 Å². The summed E-state index contributed by atoms with van der Waals surface area (Å²) in [5.41, 5.74) is 0.120. The Morgan fingerprint density at radius 1 is 1.37 bits per heavy atom. The second-order valence-corrected chi connectivity index (χ2v) is 6.56. The van der Waals surface area contributed by atoms with Crippen LogP contribution in [-0.2, 0) is 10.2 Å². The molecular formula is C11H18N2O4S2. The number of hydrogen-bond donors (Lipinski definition) is 2. The first-order chi connectivity index (χ1) is 8.92. The molecular weight excluding hydrogens is 288 g/mol. The minimum atomic E-state index is -3.70. The van der Waals surface area contributed by atoms with Crippen molar-refractivity contribution in [2.75, 3.05) is 17.8 Å². The van der Waals surface area contributed by atoms with Gasteiger partial charge in [-0.3, -0.25) is 4.72 Å². The highest BCUT2D eigenvalue weighted by atomic mass is 32.2. The van der Waals surface area contributed by atoms with Crippen LogP contribution in [0.1, 0.15) is 36.4 Å². The Hall–Kier alpha value is -1.12. The van der Waals surface area contributed by atoms with E-state index in [0.717, 1.165) is 11.3 Å². The van der Waals surface area contributed by atoms with Gasteiger partial charge in [0, 0.05) is 13.1 Å². The third-order valence-corrected chi connectivity index (χ3v) is 4.81. The largest absolute Gasteiger partial charge is 0.477 e. The van der Waals surface area contributed by atoms with Crippen molar-refractivity contribution < 1.29 is 18.3 Å². The topological polar surface area (TPSA) is 86.7 Å². The van der Waals surface area contributed by atoms with Crippen molar-refractivity contribution in [2.24, 2.45) is 0 Å². The van der Waals surface area contributed by atoms with Crippen LogP contribution in [0, 0.1) is 0 Å². The predicted octanol–water partition coefficient (Wildman–Crippen LogP) is 2.23. The molecule has 0 aliphatic heterocycles. The van der Waals surface area contributed by atoms with E-state index in [0.29, 0.717) is 25.9 Å². The lowest BCUT2D eigenvalue weighted by Crippen LogP contribution is -2.37. The molecule has 0 fully saturated rings. The highest BCUT2D eigenvalue weighted by Crippen LogP contribution is 2.24. The standard InChI is InChI=1S/C11H18N2O4S2/c1-3-6-13(7-4-2)19(16,17)12-9-5-8-18-10(9)11(14)15/h5,8,12H,3-4,6-7H2,1-2H3,(H,14,15). The quantitative estimate of drug-likeness (QED) is 0.771. The van der Waals surface area contributed by atoms with Crippen LogP contribution >= 0.6 is 11.3 Å². The van der Waals surface area contributed by atoms with Crippen molar-refractivity contribution >= 4 is 33.2 Å². The Morgan fingerprint density at radius 3 is 2.42 bits per heavy atom. The maximum absolute atomic E-state index is 12.2. The van der Waals surface area contributed by atoms with E-state index in [9.17, 15) is 13.2 Å². The second kappa shape index (κ2) is 6.88. The van der Waals surface area contributed by atoms with Crippen molar-refractivity contribution in [3.8, 4) is 0 Å². The summed E-state index contributed by atoms with van der Waals surface area (Å²) in [5.74, 6) is -1.13. The molecule has 0 radical (unpaired) electrons. The summed E-state index contributed by atoms with van der Waals surface area (Å²) in [5, 5.41) is 10.5. The number of rotatable bonds is 8. The lowest BCUT2D eigenvalue weighted by Gasteiger charge is -2.21. The summed E-state index contributed by atoms with van der Waals surface area (Å²) in [6, 6.07) is 1.46. The number of carboxylic acids is 1. The average molecular weight is 306 g/mol. The zero-order chi connectivity index (χ0) is 14.5. The second-order valence-electron chi connectivity index (χ2n) is 3.97. The zero-order valence-electron chi connectivity index (χ0n) is 10.9. The Balaban J connectivity index is 2.94. The molecule has 0 amide bonds. The summed E-state index contributed by atoms with van der Waals surface area (Å²) in [6.07, 6.45) is 1.41. The van der Waals surface area contributed by atoms with Crippen LogP contribution in [0.25, 0.3) is 0 Å². The average Bonchev–Trinajstić information content (AvgIpc) is 2.76. The molecule has 108 valence electrons. The maximum atomic E-state index is 12.2. The summed E-state index contributed by atoms with van der Waals surface area (Å²) in [4.78, 5) is 10.9. The van der Waals surface area contributed by atoms with Crippen molar-refractivity contribution in [1.82, 2.24) is 4.31 Å². The molecule has 0 spiro atoms. The van der Waals surface area contributed by atoms with Crippen LogP contribution in [0.3, 0.4) is 0 Å². The van der Waals surface area contributed by atoms with Gasteiger partial charge in [0.25, 0.3) is 0 Å². The Kier molecular flexibility index (Phi) is 5.77. The third-order valence-electron chi connectivity index (χ3n) is 2.38. The van der Waals surface area contributed by atoms with E-state index < -0.39 is 16.2 Å². The van der Waals surface area contributed by atoms with Gasteiger partial charge >= 0.3 is 16.2 Å². The van der Waals surface area contributed by atoms with E-state index in [2.05, 4.69) is 4.72 Å². The number of hydrogen-bond acceptors (Lipinski definition) is 4. The number of aromatic carboxylic acids is 1. The van der Waals surface area contributed by atoms with Gasteiger partial charge in [0.1, 0.15) is 4.88 Å². The first-order valence-electron chi connectivity index (χ1n) is 6.01. The van der Waals surface area contributed by atoms with Crippen molar-refractivity contribution in [2.45, 2.75) is 26.7 Å². The van der Waals surface area contributed by atoms with Gasteiger partial charge in [-0.05, 0) is 24.3 Å². The van der Waals surface area contributed by atoms with Gasteiger partial charge in [0.05, 0.1) is 5.69 Å². The molecule has 0 bridgehead atoms. The monoisotopic (exact) mass is 306 g/mol. The van der Waals surface area contributed by atoms with E-state index in [-0.39, 0.29) is 10.6 Å². The normalized spacial score (nSPS) is 11.7. The number of nitrogens with one attached hydrogen (secondary N) is 1. The van der Waals surface area contributed by atoms with E-state index in [4.69, 9.17) is 5.11 Å². The Bertz CT molecular complexity index is 519. The van der Waals surface area contributed by atoms with Gasteiger partial charge in [-0.25, -0.2) is 4.79 Å². The minimum absolute atomic E-state index is 0.00322. The molecule has 1 aromatic rings. The fourth-order valence-electron chi connectivity index (χ4n) is 1.61. The van der Waals surface area contributed by atoms with Gasteiger partial charge in [-0.2, -0.15) is 12.7 Å². The first-order valence-corrected chi connectivity index (χ1v) is 8.33. The third kappa shape index (κ3) is 4.19. The van der Waals surface area contributed by atoms with Crippen LogP contribution in [0.2, 0.25) is 0 Å². The number of anilines is 1. The van der Waals surface area contributed by atoms with E-state index in [1.807, 2.05) is 13.8 Å². The van der Waals surface area contributed by atoms with Gasteiger partial charge in [-0.1, -0.05) is 13.8 Å². The van der Waals surface area contributed by atoms with Crippen LogP contribution in [0.5, 0.6) is 0 Å². The molecule has 0 saturated carbocycles. The van der Waals surface area contributed by atoms with Gasteiger partial charge in [0.15, 0.2) is 0 Å². The number of carboxylic acid groups (broad SMARTS) is 1. The molecule has 0 atom stereocenters. The molecule has 2 N–H and O–H groups in total. The lowest BCUT2D eigenvalue weighted by atomic mass is 10.4. The Labute approximate surface area is 117 Å². The lowest BCUT2D eigenvalue weighted by molar-refractivity contribution is 0.0703. The Morgan fingerprint density at radius 2 is 1.95 bits per heavy atom. The van der Waals surface area contributed by atoms with Crippen LogP contribution in [0.15, 0.2) is 11.4 Å². The fourth-order valence-corrected chi connectivity index (χ4v) is 3.78. The SMILES string of the molecule is CCCN(CCC)S(=O)(=O)Nc1ccsc1C(=O)O. The number of thiophene rings is 1. The van der Waals surface area contributed by atoms with Gasteiger partial charge in [0.2, 0.25) is 0 Å². The number of carbonyl (C=O) groups is 1. The highest BCUT2D eigenvalue weighted by molar-refractivity contribution is 7.90. The molecule has 8 heteroatoms. The summed E-state index contributed by atoms with van der Waals surface area (Å²) < 4.78 is 28.0. The zero-order valence-corrected chi connectivity index (χ0v) is 12.6. The smallest absolute Gasteiger partial charge is 0.348 e. The fraction of sp³-hybridized carbons (Fsp3) is 0.545. The highest BCUT2D eigenvalue weighted by Gasteiger charge is 2.23. The summed E-state index contributed by atoms with van der Waals surface area (Å²) >= 11 is 0.992. The molecule has 0 aromatic carbocycles. The first kappa shape index (κ1) is 15.9. The molecule has 1 rings (SSSR count). The molecule has 0 unspecified atom stereocenters. The van der Waals surface area contributed by atoms with Crippen LogP contribution in [-0.4, -0.2) is 36.9 Å². The van der Waals surface area contributed by atoms with E-state index >= 15 is 0 Å². The predicted molar refractivity (Wildman–Crippen MR) is 76.0 cm³/mol. The molecule has 6 nitrogen and oxygen atoms in total.